The largest absolute Gasteiger partial charge is 0.399 e. The third-order valence-electron chi connectivity index (χ3n) is 4.75. The van der Waals surface area contributed by atoms with Crippen molar-refractivity contribution in [3.63, 3.8) is 0 Å². The normalized spacial score (nSPS) is 29.0. The lowest BCUT2D eigenvalue weighted by Crippen LogP contribution is -2.50. The van der Waals surface area contributed by atoms with E-state index in [2.05, 4.69) is 5.32 Å². The van der Waals surface area contributed by atoms with Crippen LogP contribution in [0.5, 0.6) is 0 Å². The Bertz CT molecular complexity index is 738. The van der Waals surface area contributed by atoms with Gasteiger partial charge in [0.1, 0.15) is 11.8 Å². The maximum absolute atomic E-state index is 12.9. The number of benzene rings is 1. The topological polar surface area (TPSA) is 102 Å². The van der Waals surface area contributed by atoms with Gasteiger partial charge in [0.15, 0.2) is 11.7 Å². The number of anilines is 2. The van der Waals surface area contributed by atoms with E-state index >= 15 is 0 Å². The number of nitrogens with two attached hydrogens (primary N) is 1. The average Bonchev–Trinajstić information content (AvgIpc) is 2.96. The summed E-state index contributed by atoms with van der Waals surface area (Å²) in [5.74, 6) is -2.89. The molecule has 1 aromatic rings. The molecular formula is C18H23N3O4. The van der Waals surface area contributed by atoms with Crippen LogP contribution in [0.25, 0.3) is 0 Å². The Morgan fingerprint density at radius 3 is 2.44 bits per heavy atom. The molecule has 2 aliphatic heterocycles. The predicted octanol–water partition coefficient (Wildman–Crippen LogP) is 1.40. The van der Waals surface area contributed by atoms with Gasteiger partial charge in [0.05, 0.1) is 6.61 Å². The zero-order valence-corrected chi connectivity index (χ0v) is 14.8. The van der Waals surface area contributed by atoms with Crippen LogP contribution in [0.3, 0.4) is 0 Å². The number of fused-ring (bicyclic) bond motifs is 1. The minimum Gasteiger partial charge on any atom is -0.399 e. The summed E-state index contributed by atoms with van der Waals surface area (Å²) in [5.41, 5.74) is 5.20. The molecule has 134 valence electrons. The molecule has 7 heteroatoms. The van der Waals surface area contributed by atoms with Gasteiger partial charge in [-0.15, -0.1) is 0 Å². The third kappa shape index (κ3) is 2.68. The van der Waals surface area contributed by atoms with E-state index in [0.717, 1.165) is 0 Å². The van der Waals surface area contributed by atoms with Crippen LogP contribution in [0, 0.1) is 11.3 Å². The molecule has 0 saturated carbocycles. The number of rotatable bonds is 2. The first-order chi connectivity index (χ1) is 11.6. The van der Waals surface area contributed by atoms with Gasteiger partial charge in [0.2, 0.25) is 11.8 Å². The van der Waals surface area contributed by atoms with E-state index in [1.54, 1.807) is 31.2 Å². The molecule has 2 saturated heterocycles. The zero-order valence-electron chi connectivity index (χ0n) is 14.8. The monoisotopic (exact) mass is 345 g/mol. The molecule has 1 unspecified atom stereocenters. The second-order valence-corrected chi connectivity index (χ2v) is 7.92. The van der Waals surface area contributed by atoms with Crippen LogP contribution in [-0.2, 0) is 19.1 Å². The van der Waals surface area contributed by atoms with Crippen LogP contribution in [0.1, 0.15) is 27.7 Å². The van der Waals surface area contributed by atoms with Gasteiger partial charge >= 0.3 is 0 Å². The first-order valence-electron chi connectivity index (χ1n) is 8.21. The number of nitrogen functional groups attached to an aromatic ring is 1. The van der Waals surface area contributed by atoms with Crippen molar-refractivity contribution >= 4 is 29.0 Å². The average molecular weight is 345 g/mol. The minimum atomic E-state index is -1.35. The van der Waals surface area contributed by atoms with Crippen molar-refractivity contribution in [2.24, 2.45) is 11.3 Å². The second-order valence-electron chi connectivity index (χ2n) is 7.92. The number of carbonyl (C=O) groups is 3. The first kappa shape index (κ1) is 17.4. The molecule has 2 amide bonds. The molecule has 1 aromatic carbocycles. The number of hydrogen-bond acceptors (Lipinski definition) is 5. The summed E-state index contributed by atoms with van der Waals surface area (Å²) in [4.78, 5) is 39.8. The molecule has 0 bridgehead atoms. The van der Waals surface area contributed by atoms with Crippen molar-refractivity contribution in [1.29, 1.82) is 0 Å². The fourth-order valence-corrected chi connectivity index (χ4v) is 3.40. The van der Waals surface area contributed by atoms with E-state index in [-0.39, 0.29) is 12.0 Å². The lowest BCUT2D eigenvalue weighted by atomic mass is 9.91. The van der Waals surface area contributed by atoms with Gasteiger partial charge in [0, 0.05) is 16.8 Å². The van der Waals surface area contributed by atoms with Gasteiger partial charge in [-0.05, 0) is 31.2 Å². The second kappa shape index (κ2) is 5.56. The van der Waals surface area contributed by atoms with Crippen molar-refractivity contribution in [2.75, 3.05) is 17.7 Å². The lowest BCUT2D eigenvalue weighted by molar-refractivity contribution is -0.146. The summed E-state index contributed by atoms with van der Waals surface area (Å²) < 4.78 is 5.73. The highest BCUT2D eigenvalue weighted by molar-refractivity contribution is 6.27. The summed E-state index contributed by atoms with van der Waals surface area (Å²) in [6.07, 6.45) is -0.539. The van der Waals surface area contributed by atoms with Gasteiger partial charge in [-0.3, -0.25) is 14.4 Å². The molecule has 3 N–H and O–H groups in total. The van der Waals surface area contributed by atoms with Crippen molar-refractivity contribution < 1.29 is 19.1 Å². The van der Waals surface area contributed by atoms with Gasteiger partial charge in [-0.2, -0.15) is 0 Å². The number of nitrogens with one attached hydrogen (secondary N) is 1. The lowest BCUT2D eigenvalue weighted by Gasteiger charge is -2.35. The van der Waals surface area contributed by atoms with Gasteiger partial charge in [-0.25, -0.2) is 0 Å². The van der Waals surface area contributed by atoms with Crippen molar-refractivity contribution in [1.82, 2.24) is 4.90 Å². The minimum absolute atomic E-state index is 0.102. The maximum Gasteiger partial charge on any atom is 0.245 e. The van der Waals surface area contributed by atoms with Crippen LogP contribution in [0.2, 0.25) is 0 Å². The summed E-state index contributed by atoms with van der Waals surface area (Å²) in [7, 11) is 0. The Balaban J connectivity index is 1.86. The highest BCUT2D eigenvalue weighted by Gasteiger charge is 2.65. The summed E-state index contributed by atoms with van der Waals surface area (Å²) >= 11 is 0. The highest BCUT2D eigenvalue weighted by Crippen LogP contribution is 2.43. The number of ketones is 1. The molecule has 25 heavy (non-hydrogen) atoms. The van der Waals surface area contributed by atoms with E-state index in [4.69, 9.17) is 10.5 Å². The Morgan fingerprint density at radius 2 is 1.88 bits per heavy atom. The molecule has 0 aromatic heterocycles. The molecule has 7 nitrogen and oxygen atoms in total. The summed E-state index contributed by atoms with van der Waals surface area (Å²) in [6, 6.07) is 6.52. The fourth-order valence-electron chi connectivity index (χ4n) is 3.40. The standard InChI is InChI=1S/C18H23N3O4/c1-17(2,3)16-21-15(24)12(13(22)18(21,4)9-25-16)14(23)20-11-7-5-10(19)6-8-11/h5-8,12,16H,9,19H2,1-4H3,(H,20,23)/t12?,16-,18-/m1/s1. The first-order valence-corrected chi connectivity index (χ1v) is 8.21. The molecular weight excluding hydrogens is 322 g/mol. The Hall–Kier alpha value is -2.41. The molecule has 0 aliphatic carbocycles. The summed E-state index contributed by atoms with van der Waals surface area (Å²) in [6.45, 7) is 7.56. The Labute approximate surface area is 146 Å². The van der Waals surface area contributed by atoms with Crippen LogP contribution >= 0.6 is 0 Å². The van der Waals surface area contributed by atoms with Crippen LogP contribution < -0.4 is 11.1 Å². The van der Waals surface area contributed by atoms with Crippen molar-refractivity contribution in [2.45, 2.75) is 39.5 Å². The van der Waals surface area contributed by atoms with Gasteiger partial charge in [-0.1, -0.05) is 20.8 Å². The fraction of sp³-hybridized carbons (Fsp3) is 0.500. The Kier molecular flexibility index (Phi) is 3.87. The SMILES string of the molecule is CC(C)(C)[C@H]1OC[C@]2(C)C(=O)C(C(=O)Nc3ccc(N)cc3)C(=O)N12. The molecule has 0 radical (unpaired) electrons. The number of nitrogens with zero attached hydrogens (tertiary/aromatic N) is 1. The molecule has 2 aliphatic rings. The van der Waals surface area contributed by atoms with E-state index in [1.807, 2.05) is 20.8 Å². The molecule has 3 atom stereocenters. The number of amides is 2. The Morgan fingerprint density at radius 1 is 1.28 bits per heavy atom. The third-order valence-corrected chi connectivity index (χ3v) is 4.75. The van der Waals surface area contributed by atoms with Crippen molar-refractivity contribution in [3.8, 4) is 0 Å². The number of ether oxygens (including phenoxy) is 1. The maximum atomic E-state index is 12.9. The molecule has 0 spiro atoms. The van der Waals surface area contributed by atoms with E-state index in [1.165, 1.54) is 4.90 Å². The number of hydrogen-bond donors (Lipinski definition) is 2. The van der Waals surface area contributed by atoms with Crippen LogP contribution in [0.4, 0.5) is 11.4 Å². The quantitative estimate of drug-likeness (QED) is 0.623. The molecule has 3 rings (SSSR count). The van der Waals surface area contributed by atoms with Gasteiger partial charge < -0.3 is 20.7 Å². The zero-order chi connectivity index (χ0) is 18.6. The van der Waals surface area contributed by atoms with Gasteiger partial charge in [0.25, 0.3) is 0 Å². The smallest absolute Gasteiger partial charge is 0.245 e. The molecule has 2 fully saturated rings. The number of carbonyl (C=O) groups excluding carboxylic acids is 3. The summed E-state index contributed by atoms with van der Waals surface area (Å²) in [5, 5.41) is 2.63. The number of Topliss-reactive ketones (excluding diaryl/α,β-unsaturated/α-hetero) is 1. The van der Waals surface area contributed by atoms with E-state index < -0.39 is 35.3 Å². The van der Waals surface area contributed by atoms with E-state index in [9.17, 15) is 14.4 Å². The molecule has 2 heterocycles. The van der Waals surface area contributed by atoms with Crippen LogP contribution in [-0.4, -0.2) is 40.9 Å². The predicted molar refractivity (Wildman–Crippen MR) is 92.4 cm³/mol. The van der Waals surface area contributed by atoms with E-state index in [0.29, 0.717) is 11.4 Å². The highest BCUT2D eigenvalue weighted by atomic mass is 16.5. The van der Waals surface area contributed by atoms with Crippen molar-refractivity contribution in [3.05, 3.63) is 24.3 Å². The van der Waals surface area contributed by atoms with Crippen LogP contribution in [0.15, 0.2) is 24.3 Å².